The van der Waals surface area contributed by atoms with Gasteiger partial charge in [-0.25, -0.2) is 0 Å². The minimum atomic E-state index is -1.11. The van der Waals surface area contributed by atoms with Crippen LogP contribution in [-0.2, 0) is 5.60 Å². The van der Waals surface area contributed by atoms with Crippen molar-refractivity contribution in [1.82, 2.24) is 0 Å². The van der Waals surface area contributed by atoms with Crippen LogP contribution in [0.4, 0.5) is 0 Å². The highest BCUT2D eigenvalue weighted by Crippen LogP contribution is 2.34. The van der Waals surface area contributed by atoms with Crippen molar-refractivity contribution in [2.75, 3.05) is 19.6 Å². The van der Waals surface area contributed by atoms with Crippen LogP contribution in [0.3, 0.4) is 0 Å². The molecule has 4 rings (SSSR count). The molecule has 1 heterocycles. The first-order valence-electron chi connectivity index (χ1n) is 11.5. The van der Waals surface area contributed by atoms with Crippen molar-refractivity contribution in [3.05, 3.63) is 96.1 Å². The van der Waals surface area contributed by atoms with Crippen LogP contribution in [0, 0.1) is 11.8 Å². The van der Waals surface area contributed by atoms with E-state index in [0.29, 0.717) is 6.42 Å². The maximum absolute atomic E-state index is 11.8. The lowest BCUT2D eigenvalue weighted by atomic mass is 9.83. The fraction of sp³-hybridized carbons (Fsp3) is 0.310. The zero-order chi connectivity index (χ0) is 21.4. The molecule has 0 aliphatic carbocycles. The number of benzene rings is 3. The van der Waals surface area contributed by atoms with Gasteiger partial charge in [-0.3, -0.25) is 0 Å². The van der Waals surface area contributed by atoms with Crippen molar-refractivity contribution in [2.24, 2.45) is 0 Å². The number of nitrogens with one attached hydrogen (secondary N) is 1. The van der Waals surface area contributed by atoms with Crippen LogP contribution in [0.25, 0.3) is 11.1 Å². The predicted molar refractivity (Wildman–Crippen MR) is 128 cm³/mol. The Morgan fingerprint density at radius 2 is 1.19 bits per heavy atom. The second-order valence-corrected chi connectivity index (χ2v) is 8.54. The third kappa shape index (κ3) is 5.44. The molecule has 1 aliphatic rings. The minimum Gasteiger partial charge on any atom is -0.379 e. The average Bonchev–Trinajstić information content (AvgIpc) is 3.12. The highest BCUT2D eigenvalue weighted by molar-refractivity contribution is 5.64. The Morgan fingerprint density at radius 1 is 0.645 bits per heavy atom. The van der Waals surface area contributed by atoms with Gasteiger partial charge < -0.3 is 10.0 Å². The summed E-state index contributed by atoms with van der Waals surface area (Å²) in [6.07, 6.45) is 5.71. The van der Waals surface area contributed by atoms with E-state index in [2.05, 4.69) is 36.1 Å². The van der Waals surface area contributed by atoms with Gasteiger partial charge in [-0.2, -0.15) is 0 Å². The maximum Gasteiger partial charge on any atom is 0.139 e. The van der Waals surface area contributed by atoms with Crippen LogP contribution in [0.2, 0.25) is 0 Å². The highest BCUT2D eigenvalue weighted by Gasteiger charge is 2.30. The second-order valence-electron chi connectivity index (χ2n) is 8.54. The third-order valence-corrected chi connectivity index (χ3v) is 6.34. The van der Waals surface area contributed by atoms with Gasteiger partial charge in [0.1, 0.15) is 12.1 Å². The molecule has 2 heteroatoms. The molecule has 158 valence electrons. The lowest BCUT2D eigenvalue weighted by Gasteiger charge is -2.27. The first kappa shape index (κ1) is 21.4. The molecule has 3 aromatic rings. The van der Waals surface area contributed by atoms with Crippen molar-refractivity contribution < 1.29 is 10.0 Å². The summed E-state index contributed by atoms with van der Waals surface area (Å²) in [5.41, 5.74) is 2.99. The van der Waals surface area contributed by atoms with E-state index in [9.17, 15) is 5.11 Å². The van der Waals surface area contributed by atoms with Gasteiger partial charge in [-0.1, -0.05) is 90.8 Å². The van der Waals surface area contributed by atoms with E-state index in [4.69, 9.17) is 0 Å². The van der Waals surface area contributed by atoms with Crippen LogP contribution in [0.1, 0.15) is 43.2 Å². The summed E-state index contributed by atoms with van der Waals surface area (Å²) in [7, 11) is 0. The fourth-order valence-corrected chi connectivity index (χ4v) is 4.44. The number of rotatable bonds is 5. The molecule has 2 nitrogen and oxygen atoms in total. The molecule has 0 radical (unpaired) electrons. The number of hydrogen-bond acceptors (Lipinski definition) is 1. The summed E-state index contributed by atoms with van der Waals surface area (Å²) in [5.74, 6) is 6.68. The summed E-state index contributed by atoms with van der Waals surface area (Å²) >= 11 is 0. The highest BCUT2D eigenvalue weighted by atomic mass is 16.3. The van der Waals surface area contributed by atoms with Crippen molar-refractivity contribution in [2.45, 2.75) is 37.7 Å². The molecule has 0 saturated carbocycles. The van der Waals surface area contributed by atoms with E-state index in [-0.39, 0.29) is 0 Å². The van der Waals surface area contributed by atoms with E-state index in [1.165, 1.54) is 44.3 Å². The molecule has 0 bridgehead atoms. The number of likely N-dealkylation sites (tertiary alicyclic amines) is 1. The molecule has 1 atom stereocenters. The van der Waals surface area contributed by atoms with Crippen LogP contribution in [0.15, 0.2) is 84.9 Å². The van der Waals surface area contributed by atoms with Gasteiger partial charge in [-0.05, 0) is 53.9 Å². The van der Waals surface area contributed by atoms with E-state index in [1.54, 1.807) is 4.90 Å². The predicted octanol–water partition coefficient (Wildman–Crippen LogP) is 4.44. The fourth-order valence-electron chi connectivity index (χ4n) is 4.44. The molecule has 3 aromatic carbocycles. The second kappa shape index (κ2) is 10.4. The zero-order valence-corrected chi connectivity index (χ0v) is 18.2. The summed E-state index contributed by atoms with van der Waals surface area (Å²) in [6.45, 7) is 3.31. The van der Waals surface area contributed by atoms with Gasteiger partial charge >= 0.3 is 0 Å². The van der Waals surface area contributed by atoms with Crippen LogP contribution >= 0.6 is 0 Å². The Morgan fingerprint density at radius 3 is 1.84 bits per heavy atom. The van der Waals surface area contributed by atoms with Gasteiger partial charge in [0.05, 0.1) is 13.1 Å². The standard InChI is InChI=1S/C29H31NO/c31-29(27-15-7-4-8-16-27,21-9-12-24-30-22-10-1-2-11-23-30)28-19-17-26(18-20-28)25-13-5-3-6-14-25/h3-8,13-20,31H,1-2,10-11,21-24H2/p+1/t29-/m0/s1. The molecule has 0 amide bonds. The van der Waals surface area contributed by atoms with Crippen LogP contribution in [-0.4, -0.2) is 24.7 Å². The zero-order valence-electron chi connectivity index (χ0n) is 18.2. The first-order chi connectivity index (χ1) is 15.3. The van der Waals surface area contributed by atoms with Crippen LogP contribution < -0.4 is 4.90 Å². The lowest BCUT2D eigenvalue weighted by molar-refractivity contribution is -0.891. The number of hydrogen-bond donors (Lipinski definition) is 2. The quantitative estimate of drug-likeness (QED) is 0.597. The van der Waals surface area contributed by atoms with Gasteiger partial charge in [0.2, 0.25) is 0 Å². The van der Waals surface area contributed by atoms with Gasteiger partial charge in [0.25, 0.3) is 0 Å². The summed E-state index contributed by atoms with van der Waals surface area (Å²) in [5, 5.41) is 11.8. The Labute approximate surface area is 186 Å². The Kier molecular flexibility index (Phi) is 7.20. The molecule has 1 aliphatic heterocycles. The van der Waals surface area contributed by atoms with E-state index in [0.717, 1.165) is 23.2 Å². The van der Waals surface area contributed by atoms with Crippen LogP contribution in [0.5, 0.6) is 0 Å². The molecular formula is C29H32NO+. The maximum atomic E-state index is 11.8. The summed E-state index contributed by atoms with van der Waals surface area (Å²) < 4.78 is 0. The smallest absolute Gasteiger partial charge is 0.139 e. The normalized spacial score (nSPS) is 16.5. The lowest BCUT2D eigenvalue weighted by Crippen LogP contribution is -3.11. The Balaban J connectivity index is 1.55. The first-order valence-corrected chi connectivity index (χ1v) is 11.5. The van der Waals surface area contributed by atoms with E-state index in [1.807, 2.05) is 60.7 Å². The van der Waals surface area contributed by atoms with E-state index >= 15 is 0 Å². The number of quaternary nitrogens is 1. The average molecular weight is 411 g/mol. The molecule has 2 N–H and O–H groups in total. The van der Waals surface area contributed by atoms with Crippen molar-refractivity contribution in [1.29, 1.82) is 0 Å². The number of aliphatic hydroxyl groups is 1. The Hall–Kier alpha value is -2.86. The molecular weight excluding hydrogens is 378 g/mol. The summed E-state index contributed by atoms with van der Waals surface area (Å²) in [6, 6.07) is 28.5. The van der Waals surface area contributed by atoms with Crippen molar-refractivity contribution >= 4 is 0 Å². The SMILES string of the molecule is O[C@@](CC#CC[NH+]1CCCCCC1)(c1ccccc1)c1ccc(-c2ccccc2)cc1. The largest absolute Gasteiger partial charge is 0.379 e. The van der Waals surface area contributed by atoms with Crippen molar-refractivity contribution in [3.63, 3.8) is 0 Å². The summed E-state index contributed by atoms with van der Waals surface area (Å²) in [4.78, 5) is 1.58. The topological polar surface area (TPSA) is 24.7 Å². The Bertz CT molecular complexity index is 993. The molecule has 31 heavy (non-hydrogen) atoms. The molecule has 1 saturated heterocycles. The molecule has 0 spiro atoms. The molecule has 1 fully saturated rings. The molecule has 0 aromatic heterocycles. The van der Waals surface area contributed by atoms with E-state index < -0.39 is 5.60 Å². The van der Waals surface area contributed by atoms with Gasteiger partial charge in [0, 0.05) is 6.42 Å². The molecule has 0 unspecified atom stereocenters. The van der Waals surface area contributed by atoms with Gasteiger partial charge in [0.15, 0.2) is 0 Å². The van der Waals surface area contributed by atoms with Crippen molar-refractivity contribution in [3.8, 4) is 23.0 Å². The third-order valence-electron chi connectivity index (χ3n) is 6.34. The van der Waals surface area contributed by atoms with Gasteiger partial charge in [-0.15, -0.1) is 0 Å². The minimum absolute atomic E-state index is 0.398. The monoisotopic (exact) mass is 410 g/mol.